The van der Waals surface area contributed by atoms with E-state index < -0.39 is 0 Å². The first-order valence-corrected chi connectivity index (χ1v) is 9.01. The maximum atomic E-state index is 11.9. The summed E-state index contributed by atoms with van der Waals surface area (Å²) in [6, 6.07) is 0. The lowest BCUT2D eigenvalue weighted by molar-refractivity contribution is 0.0976. The number of Topliss-reactive ketones (excluding diaryl/α,β-unsaturated/α-hetero) is 1. The predicted octanol–water partition coefficient (Wildman–Crippen LogP) is 3.22. The molecule has 0 unspecified atom stereocenters. The monoisotopic (exact) mass is 309 g/mol. The number of nitrogens with zero attached hydrogens (tertiary/aromatic N) is 3. The Labute approximate surface area is 132 Å². The zero-order valence-corrected chi connectivity index (χ0v) is 14.3. The molecule has 0 fully saturated rings. The molecule has 0 saturated heterocycles. The molecule has 1 aliphatic rings. The van der Waals surface area contributed by atoms with Crippen molar-refractivity contribution in [2.24, 2.45) is 0 Å². The van der Waals surface area contributed by atoms with E-state index >= 15 is 0 Å². The van der Waals surface area contributed by atoms with Crippen molar-refractivity contribution in [3.05, 3.63) is 10.6 Å². The first kappa shape index (κ1) is 16.4. The molecule has 1 aromatic rings. The van der Waals surface area contributed by atoms with Crippen molar-refractivity contribution in [3.8, 4) is 0 Å². The largest absolute Gasteiger partial charge is 0.348 e. The molecule has 1 aromatic heterocycles. The van der Waals surface area contributed by atoms with Crippen LogP contribution in [-0.2, 0) is 6.42 Å². The Balaban J connectivity index is 1.96. The smallest absolute Gasteiger partial charge is 0.186 e. The Morgan fingerprint density at radius 3 is 2.48 bits per heavy atom. The van der Waals surface area contributed by atoms with Crippen LogP contribution in [0.5, 0.6) is 0 Å². The molecule has 0 saturated carbocycles. The highest BCUT2D eigenvalue weighted by Crippen LogP contribution is 2.31. The quantitative estimate of drug-likeness (QED) is 0.739. The van der Waals surface area contributed by atoms with Crippen molar-refractivity contribution >= 4 is 22.3 Å². The lowest BCUT2D eigenvalue weighted by Gasteiger charge is -2.23. The van der Waals surface area contributed by atoms with Crippen LogP contribution in [0, 0.1) is 0 Å². The summed E-state index contributed by atoms with van der Waals surface area (Å²) in [6.07, 6.45) is 3.77. The fourth-order valence-corrected chi connectivity index (χ4v) is 3.98. The van der Waals surface area contributed by atoms with Gasteiger partial charge in [-0.25, -0.2) is 4.98 Å². The van der Waals surface area contributed by atoms with E-state index in [-0.39, 0.29) is 0 Å². The highest BCUT2D eigenvalue weighted by Gasteiger charge is 2.23. The topological polar surface area (TPSA) is 36.4 Å². The first-order valence-electron chi connectivity index (χ1n) is 8.19. The Bertz CT molecular complexity index is 468. The number of anilines is 1. The summed E-state index contributed by atoms with van der Waals surface area (Å²) >= 11 is 1.60. The molecule has 21 heavy (non-hydrogen) atoms. The Kier molecular flexibility index (Phi) is 6.18. The molecule has 0 aromatic carbocycles. The Hall–Kier alpha value is -0.940. The maximum Gasteiger partial charge on any atom is 0.186 e. The normalized spacial score (nSPS) is 14.6. The summed E-state index contributed by atoms with van der Waals surface area (Å²) in [7, 11) is 0. The molecule has 4 nitrogen and oxygen atoms in total. The number of carbonyl (C=O) groups is 1. The van der Waals surface area contributed by atoms with E-state index in [1.807, 2.05) is 0 Å². The standard InChI is InChI=1S/C16H27N3OS/c1-4-18(5-2)11-8-12-19(6-3)16-17-13-9-7-10-14(20)15(13)21-16/h4-12H2,1-3H3. The molecule has 1 aliphatic carbocycles. The highest BCUT2D eigenvalue weighted by atomic mass is 32.1. The van der Waals surface area contributed by atoms with Crippen LogP contribution >= 0.6 is 11.3 Å². The van der Waals surface area contributed by atoms with Gasteiger partial charge in [0.1, 0.15) is 0 Å². The highest BCUT2D eigenvalue weighted by molar-refractivity contribution is 7.17. The fraction of sp³-hybridized carbons (Fsp3) is 0.750. The van der Waals surface area contributed by atoms with Gasteiger partial charge in [-0.1, -0.05) is 25.2 Å². The van der Waals surface area contributed by atoms with Crippen molar-refractivity contribution in [3.63, 3.8) is 0 Å². The third kappa shape index (κ3) is 4.04. The zero-order valence-electron chi connectivity index (χ0n) is 13.5. The van der Waals surface area contributed by atoms with Gasteiger partial charge in [0, 0.05) is 19.5 Å². The molecule has 0 spiro atoms. The molecule has 118 valence electrons. The average Bonchev–Trinajstić information content (AvgIpc) is 2.93. The predicted molar refractivity (Wildman–Crippen MR) is 89.7 cm³/mol. The van der Waals surface area contributed by atoms with Gasteiger partial charge in [-0.15, -0.1) is 0 Å². The van der Waals surface area contributed by atoms with E-state index in [2.05, 4.69) is 30.6 Å². The molecular weight excluding hydrogens is 282 g/mol. The summed E-state index contributed by atoms with van der Waals surface area (Å²) in [6.45, 7) is 11.9. The number of ketones is 1. The van der Waals surface area contributed by atoms with Crippen LogP contribution in [0.4, 0.5) is 5.13 Å². The van der Waals surface area contributed by atoms with Gasteiger partial charge in [0.15, 0.2) is 10.9 Å². The van der Waals surface area contributed by atoms with Gasteiger partial charge in [0.25, 0.3) is 0 Å². The van der Waals surface area contributed by atoms with Gasteiger partial charge in [0.2, 0.25) is 0 Å². The van der Waals surface area contributed by atoms with E-state index in [1.54, 1.807) is 11.3 Å². The number of fused-ring (bicyclic) bond motifs is 1. The van der Waals surface area contributed by atoms with E-state index in [0.717, 1.165) is 67.7 Å². The van der Waals surface area contributed by atoms with Crippen molar-refractivity contribution < 1.29 is 4.79 Å². The van der Waals surface area contributed by atoms with Crippen LogP contribution in [0.25, 0.3) is 0 Å². The first-order chi connectivity index (χ1) is 10.2. The van der Waals surface area contributed by atoms with Crippen LogP contribution in [0.3, 0.4) is 0 Å². The molecule has 0 N–H and O–H groups in total. The van der Waals surface area contributed by atoms with E-state index in [1.165, 1.54) is 0 Å². The summed E-state index contributed by atoms with van der Waals surface area (Å²) in [5.41, 5.74) is 1.04. The van der Waals surface area contributed by atoms with Crippen molar-refractivity contribution in [2.45, 2.75) is 46.5 Å². The number of rotatable bonds is 8. The second-order valence-corrected chi connectivity index (χ2v) is 6.49. The lowest BCUT2D eigenvalue weighted by atomic mass is 10.0. The second-order valence-electron chi connectivity index (χ2n) is 5.51. The lowest BCUT2D eigenvalue weighted by Crippen LogP contribution is -2.29. The summed E-state index contributed by atoms with van der Waals surface area (Å²) < 4.78 is 0. The molecule has 0 amide bonds. The van der Waals surface area contributed by atoms with Gasteiger partial charge in [-0.2, -0.15) is 0 Å². The number of hydrogen-bond donors (Lipinski definition) is 0. The van der Waals surface area contributed by atoms with Crippen LogP contribution in [0.2, 0.25) is 0 Å². The average molecular weight is 309 g/mol. The summed E-state index contributed by atoms with van der Waals surface area (Å²) in [5, 5.41) is 1.04. The molecule has 0 atom stereocenters. The van der Waals surface area contributed by atoms with E-state index in [0.29, 0.717) is 12.2 Å². The minimum atomic E-state index is 0.291. The molecule has 2 rings (SSSR count). The number of carbonyl (C=O) groups excluding carboxylic acids is 1. The van der Waals surface area contributed by atoms with Crippen LogP contribution < -0.4 is 4.90 Å². The Morgan fingerprint density at radius 1 is 1.10 bits per heavy atom. The third-order valence-corrected chi connectivity index (χ3v) is 5.41. The molecule has 1 heterocycles. The third-order valence-electron chi connectivity index (χ3n) is 4.21. The molecular formula is C16H27N3OS. The van der Waals surface area contributed by atoms with Gasteiger partial charge in [-0.05, 0) is 45.8 Å². The number of hydrogen-bond acceptors (Lipinski definition) is 5. The van der Waals surface area contributed by atoms with E-state index in [4.69, 9.17) is 4.98 Å². The molecule has 0 bridgehead atoms. The number of aryl methyl sites for hydroxylation is 1. The van der Waals surface area contributed by atoms with Crippen molar-refractivity contribution in [2.75, 3.05) is 37.6 Å². The van der Waals surface area contributed by atoms with Gasteiger partial charge >= 0.3 is 0 Å². The second kappa shape index (κ2) is 7.90. The summed E-state index contributed by atoms with van der Waals surface area (Å²) in [5.74, 6) is 0.291. The number of thiazole rings is 1. The fourth-order valence-electron chi connectivity index (χ4n) is 2.81. The number of aromatic nitrogens is 1. The van der Waals surface area contributed by atoms with Gasteiger partial charge in [-0.3, -0.25) is 4.79 Å². The van der Waals surface area contributed by atoms with Crippen molar-refractivity contribution in [1.82, 2.24) is 9.88 Å². The van der Waals surface area contributed by atoms with E-state index in [9.17, 15) is 4.79 Å². The van der Waals surface area contributed by atoms with Crippen LogP contribution in [0.15, 0.2) is 0 Å². The Morgan fingerprint density at radius 2 is 1.86 bits per heavy atom. The minimum Gasteiger partial charge on any atom is -0.348 e. The van der Waals surface area contributed by atoms with Gasteiger partial charge in [0.05, 0.1) is 10.6 Å². The SMILES string of the molecule is CCN(CC)CCCN(CC)c1nc2c(s1)C(=O)CCC2. The molecule has 5 heteroatoms. The van der Waals surface area contributed by atoms with Crippen molar-refractivity contribution in [1.29, 1.82) is 0 Å². The molecule has 0 radical (unpaired) electrons. The zero-order chi connectivity index (χ0) is 15.2. The molecule has 0 aliphatic heterocycles. The van der Waals surface area contributed by atoms with Gasteiger partial charge < -0.3 is 9.80 Å². The van der Waals surface area contributed by atoms with Crippen LogP contribution in [0.1, 0.15) is 55.4 Å². The van der Waals surface area contributed by atoms with Crippen LogP contribution in [-0.4, -0.2) is 48.4 Å². The minimum absolute atomic E-state index is 0.291. The summed E-state index contributed by atoms with van der Waals surface area (Å²) in [4.78, 5) is 22.3. The maximum absolute atomic E-state index is 11.9.